The van der Waals surface area contributed by atoms with Gasteiger partial charge in [-0.05, 0) is 13.3 Å². The maximum atomic E-state index is 12.2. The van der Waals surface area contributed by atoms with E-state index in [1.54, 1.807) is 0 Å². The van der Waals surface area contributed by atoms with E-state index in [1.807, 2.05) is 11.8 Å². The zero-order valence-corrected chi connectivity index (χ0v) is 11.3. The van der Waals surface area contributed by atoms with Crippen molar-refractivity contribution >= 4 is 11.7 Å². The molecular weight excluding hydrogens is 248 g/mol. The molecule has 2 saturated heterocycles. The smallest absolute Gasteiger partial charge is 0.228 e. The van der Waals surface area contributed by atoms with Gasteiger partial charge in [-0.1, -0.05) is 5.16 Å². The first kappa shape index (κ1) is 14.1. The van der Waals surface area contributed by atoms with Crippen molar-refractivity contribution in [3.63, 3.8) is 0 Å². The van der Waals surface area contributed by atoms with Gasteiger partial charge in [0.15, 0.2) is 5.84 Å². The van der Waals surface area contributed by atoms with E-state index in [-0.39, 0.29) is 23.7 Å². The second kappa shape index (κ2) is 6.21. The van der Waals surface area contributed by atoms with Crippen LogP contribution in [0.3, 0.4) is 0 Å². The summed E-state index contributed by atoms with van der Waals surface area (Å²) >= 11 is 0. The first-order chi connectivity index (χ1) is 9.13. The molecule has 1 amide bonds. The predicted molar refractivity (Wildman–Crippen MR) is 69.9 cm³/mol. The van der Waals surface area contributed by atoms with Crippen LogP contribution in [0.1, 0.15) is 13.3 Å². The molecule has 2 aliphatic rings. The highest BCUT2D eigenvalue weighted by molar-refractivity contribution is 5.84. The SMILES string of the molecule is CC(C(N)=NO)N1CCN(C(=O)C2CCOC2)CC1. The van der Waals surface area contributed by atoms with Crippen LogP contribution in [-0.2, 0) is 9.53 Å². The van der Waals surface area contributed by atoms with E-state index >= 15 is 0 Å². The van der Waals surface area contributed by atoms with Crippen molar-refractivity contribution in [3.05, 3.63) is 0 Å². The molecule has 0 aromatic heterocycles. The number of carbonyl (C=O) groups excluding carboxylic acids is 1. The topological polar surface area (TPSA) is 91.4 Å². The highest BCUT2D eigenvalue weighted by Gasteiger charge is 2.31. The molecule has 0 spiro atoms. The highest BCUT2D eigenvalue weighted by Crippen LogP contribution is 2.17. The third-order valence-corrected chi connectivity index (χ3v) is 4.00. The molecule has 108 valence electrons. The number of nitrogens with zero attached hydrogens (tertiary/aromatic N) is 3. The molecule has 0 aliphatic carbocycles. The number of piperazine rings is 1. The summed E-state index contributed by atoms with van der Waals surface area (Å²) in [6, 6.07) is -0.0999. The number of amides is 1. The average Bonchev–Trinajstić information content (AvgIpc) is 2.99. The van der Waals surface area contributed by atoms with Crippen LogP contribution in [0, 0.1) is 5.92 Å². The van der Waals surface area contributed by atoms with E-state index in [2.05, 4.69) is 10.1 Å². The molecule has 2 unspecified atom stereocenters. The van der Waals surface area contributed by atoms with Crippen LogP contribution in [-0.4, -0.2) is 72.2 Å². The molecule has 0 saturated carbocycles. The fourth-order valence-corrected chi connectivity index (χ4v) is 2.59. The number of carbonyl (C=O) groups is 1. The van der Waals surface area contributed by atoms with Gasteiger partial charge in [0.2, 0.25) is 5.91 Å². The third-order valence-electron chi connectivity index (χ3n) is 4.00. The Hall–Kier alpha value is -1.34. The molecule has 0 bridgehead atoms. The Morgan fingerprint density at radius 1 is 1.42 bits per heavy atom. The van der Waals surface area contributed by atoms with Gasteiger partial charge < -0.3 is 20.6 Å². The van der Waals surface area contributed by atoms with E-state index in [1.165, 1.54) is 0 Å². The molecular formula is C12H22N4O3. The van der Waals surface area contributed by atoms with E-state index < -0.39 is 0 Å². The number of amidine groups is 1. The van der Waals surface area contributed by atoms with Gasteiger partial charge in [0.1, 0.15) is 0 Å². The number of oxime groups is 1. The molecule has 19 heavy (non-hydrogen) atoms. The second-order valence-electron chi connectivity index (χ2n) is 5.12. The predicted octanol–water partition coefficient (Wildman–Crippen LogP) is -0.698. The maximum Gasteiger partial charge on any atom is 0.228 e. The van der Waals surface area contributed by atoms with Crippen LogP contribution in [0.5, 0.6) is 0 Å². The monoisotopic (exact) mass is 270 g/mol. The maximum absolute atomic E-state index is 12.2. The van der Waals surface area contributed by atoms with Crippen molar-refractivity contribution < 1.29 is 14.7 Å². The van der Waals surface area contributed by atoms with Gasteiger partial charge in [-0.2, -0.15) is 0 Å². The van der Waals surface area contributed by atoms with Crippen molar-refractivity contribution in [2.75, 3.05) is 39.4 Å². The molecule has 7 heteroatoms. The lowest BCUT2D eigenvalue weighted by Crippen LogP contribution is -2.55. The van der Waals surface area contributed by atoms with Gasteiger partial charge in [-0.25, -0.2) is 0 Å². The van der Waals surface area contributed by atoms with Crippen molar-refractivity contribution in [2.45, 2.75) is 19.4 Å². The lowest BCUT2D eigenvalue weighted by Gasteiger charge is -2.38. The van der Waals surface area contributed by atoms with Gasteiger partial charge >= 0.3 is 0 Å². The van der Waals surface area contributed by atoms with Crippen LogP contribution >= 0.6 is 0 Å². The Morgan fingerprint density at radius 3 is 2.63 bits per heavy atom. The Labute approximate surface area is 113 Å². The Kier molecular flexibility index (Phi) is 4.60. The summed E-state index contributed by atoms with van der Waals surface area (Å²) in [7, 11) is 0. The quantitative estimate of drug-likeness (QED) is 0.306. The van der Waals surface area contributed by atoms with Crippen molar-refractivity contribution in [1.29, 1.82) is 0 Å². The van der Waals surface area contributed by atoms with E-state index in [9.17, 15) is 4.79 Å². The van der Waals surface area contributed by atoms with Crippen molar-refractivity contribution in [2.24, 2.45) is 16.8 Å². The van der Waals surface area contributed by atoms with Gasteiger partial charge in [0.25, 0.3) is 0 Å². The molecule has 3 N–H and O–H groups in total. The van der Waals surface area contributed by atoms with Crippen molar-refractivity contribution in [1.82, 2.24) is 9.80 Å². The summed E-state index contributed by atoms with van der Waals surface area (Å²) < 4.78 is 5.26. The molecule has 0 aromatic carbocycles. The number of hydrogen-bond acceptors (Lipinski definition) is 5. The van der Waals surface area contributed by atoms with Crippen LogP contribution in [0.15, 0.2) is 5.16 Å². The minimum atomic E-state index is -0.0999. The first-order valence-electron chi connectivity index (χ1n) is 6.71. The largest absolute Gasteiger partial charge is 0.409 e. The third kappa shape index (κ3) is 3.16. The summed E-state index contributed by atoms with van der Waals surface area (Å²) in [6.07, 6.45) is 0.833. The van der Waals surface area contributed by atoms with Crippen LogP contribution in [0.25, 0.3) is 0 Å². The van der Waals surface area contributed by atoms with Gasteiger partial charge in [0.05, 0.1) is 18.6 Å². The van der Waals surface area contributed by atoms with E-state index in [0.717, 1.165) is 19.5 Å². The molecule has 0 radical (unpaired) electrons. The van der Waals surface area contributed by atoms with E-state index in [0.29, 0.717) is 26.3 Å². The number of rotatable bonds is 3. The summed E-state index contributed by atoms with van der Waals surface area (Å²) in [5.41, 5.74) is 5.60. The normalized spacial score (nSPS) is 27.5. The average molecular weight is 270 g/mol. The molecule has 2 fully saturated rings. The van der Waals surface area contributed by atoms with Crippen molar-refractivity contribution in [3.8, 4) is 0 Å². The minimum Gasteiger partial charge on any atom is -0.409 e. The standard InChI is InChI=1S/C12H22N4O3/c1-9(11(13)14-18)15-3-5-16(6-4-15)12(17)10-2-7-19-8-10/h9-10,18H,2-8H2,1H3,(H2,13,14). The Balaban J connectivity index is 1.83. The zero-order chi connectivity index (χ0) is 13.8. The van der Waals surface area contributed by atoms with Gasteiger partial charge in [-0.3, -0.25) is 9.69 Å². The van der Waals surface area contributed by atoms with Gasteiger partial charge in [-0.15, -0.1) is 0 Å². The van der Waals surface area contributed by atoms with E-state index in [4.69, 9.17) is 15.7 Å². The molecule has 2 atom stereocenters. The summed E-state index contributed by atoms with van der Waals surface area (Å²) in [6.45, 7) is 6.03. The van der Waals surface area contributed by atoms with Gasteiger partial charge in [0, 0.05) is 32.8 Å². The van der Waals surface area contributed by atoms with Crippen LogP contribution in [0.4, 0.5) is 0 Å². The molecule has 0 aromatic rings. The number of hydrogen-bond donors (Lipinski definition) is 2. The molecule has 7 nitrogen and oxygen atoms in total. The summed E-state index contributed by atoms with van der Waals surface area (Å²) in [5, 5.41) is 11.7. The lowest BCUT2D eigenvalue weighted by molar-refractivity contribution is -0.137. The summed E-state index contributed by atoms with van der Waals surface area (Å²) in [4.78, 5) is 16.2. The molecule has 2 rings (SSSR count). The molecule has 2 heterocycles. The fraction of sp³-hybridized carbons (Fsp3) is 0.833. The van der Waals surface area contributed by atoms with Crippen LogP contribution in [0.2, 0.25) is 0 Å². The fourth-order valence-electron chi connectivity index (χ4n) is 2.59. The summed E-state index contributed by atoms with van der Waals surface area (Å²) in [5.74, 6) is 0.450. The first-order valence-corrected chi connectivity index (χ1v) is 6.71. The lowest BCUT2D eigenvalue weighted by atomic mass is 10.1. The zero-order valence-electron chi connectivity index (χ0n) is 11.3. The number of nitrogens with two attached hydrogens (primary N) is 1. The second-order valence-corrected chi connectivity index (χ2v) is 5.12. The Morgan fingerprint density at radius 2 is 2.11 bits per heavy atom. The Bertz CT molecular complexity index is 347. The number of ether oxygens (including phenoxy) is 1. The minimum absolute atomic E-state index is 0.0352. The molecule has 2 aliphatic heterocycles. The van der Waals surface area contributed by atoms with Crippen LogP contribution < -0.4 is 5.73 Å². The highest BCUT2D eigenvalue weighted by atomic mass is 16.5.